The first kappa shape index (κ1) is 10.7. The van der Waals surface area contributed by atoms with Crippen LogP contribution in [0.15, 0.2) is 6.07 Å². The number of halogens is 4. The van der Waals surface area contributed by atoms with Gasteiger partial charge >= 0.3 is 6.36 Å². The Balaban J connectivity index is 3.09. The van der Waals surface area contributed by atoms with Gasteiger partial charge in [-0.25, -0.2) is 0 Å². The summed E-state index contributed by atoms with van der Waals surface area (Å²) in [5.41, 5.74) is 9.91. The van der Waals surface area contributed by atoms with E-state index in [1.165, 1.54) is 0 Å². The average Bonchev–Trinajstić information content (AvgIpc) is 1.96. The van der Waals surface area contributed by atoms with Crippen molar-refractivity contribution in [3.63, 3.8) is 0 Å². The molecule has 0 spiro atoms. The number of nitrogen functional groups attached to an aromatic ring is 2. The molecule has 1 aromatic rings. The Hall–Kier alpha value is -1.37. The van der Waals surface area contributed by atoms with Crippen molar-refractivity contribution in [1.82, 2.24) is 4.98 Å². The Bertz CT molecular complexity index is 355. The summed E-state index contributed by atoms with van der Waals surface area (Å²) in [6, 6.07) is 1.13. The third-order valence-corrected chi connectivity index (χ3v) is 1.43. The van der Waals surface area contributed by atoms with Crippen molar-refractivity contribution in [2.45, 2.75) is 6.36 Å². The Morgan fingerprint density at radius 3 is 2.43 bits per heavy atom. The van der Waals surface area contributed by atoms with Crippen molar-refractivity contribution >= 4 is 23.0 Å². The summed E-state index contributed by atoms with van der Waals surface area (Å²) in [7, 11) is 0. The summed E-state index contributed by atoms with van der Waals surface area (Å²) in [5, 5.41) is -0.226. The van der Waals surface area contributed by atoms with Gasteiger partial charge in [-0.2, -0.15) is 4.98 Å². The Morgan fingerprint density at radius 1 is 1.36 bits per heavy atom. The Kier molecular flexibility index (Phi) is 2.61. The van der Waals surface area contributed by atoms with Gasteiger partial charge in [0.25, 0.3) is 0 Å². The highest BCUT2D eigenvalue weighted by molar-refractivity contribution is 6.29. The fourth-order valence-corrected chi connectivity index (χ4v) is 0.901. The number of ether oxygens (including phenoxy) is 1. The van der Waals surface area contributed by atoms with E-state index < -0.39 is 17.9 Å². The van der Waals surface area contributed by atoms with E-state index in [0.29, 0.717) is 0 Å². The maximum Gasteiger partial charge on any atom is 0.574 e. The second kappa shape index (κ2) is 3.41. The lowest BCUT2D eigenvalue weighted by Gasteiger charge is -2.11. The number of anilines is 2. The average molecular weight is 228 g/mol. The summed E-state index contributed by atoms with van der Waals surface area (Å²) < 4.78 is 38.8. The molecule has 0 bridgehead atoms. The van der Waals surface area contributed by atoms with Gasteiger partial charge in [0, 0.05) is 6.07 Å². The fraction of sp³-hybridized carbons (Fsp3) is 0.167. The van der Waals surface area contributed by atoms with Crippen LogP contribution in [0.3, 0.4) is 0 Å². The van der Waals surface area contributed by atoms with Crippen molar-refractivity contribution in [2.75, 3.05) is 11.5 Å². The Labute approximate surface area is 81.6 Å². The highest BCUT2D eigenvalue weighted by Crippen LogP contribution is 2.31. The van der Waals surface area contributed by atoms with Crippen LogP contribution in [0.2, 0.25) is 5.15 Å². The third-order valence-electron chi connectivity index (χ3n) is 1.24. The largest absolute Gasteiger partial charge is 0.574 e. The quantitative estimate of drug-likeness (QED) is 0.718. The second-order valence-corrected chi connectivity index (χ2v) is 2.69. The normalized spacial score (nSPS) is 11.4. The molecule has 8 heteroatoms. The molecular formula is C6H5ClF3N3O. The summed E-state index contributed by atoms with van der Waals surface area (Å²) in [4.78, 5) is 3.24. The molecule has 0 amide bonds. The zero-order chi connectivity index (χ0) is 10.9. The second-order valence-electron chi connectivity index (χ2n) is 2.30. The van der Waals surface area contributed by atoms with Crippen molar-refractivity contribution in [1.29, 1.82) is 0 Å². The van der Waals surface area contributed by atoms with E-state index in [0.717, 1.165) is 6.07 Å². The first-order chi connectivity index (χ1) is 6.29. The first-order valence-corrected chi connectivity index (χ1v) is 3.64. The number of alkyl halides is 3. The molecule has 4 N–H and O–H groups in total. The van der Waals surface area contributed by atoms with Gasteiger partial charge in [0.15, 0.2) is 0 Å². The van der Waals surface area contributed by atoms with E-state index in [-0.39, 0.29) is 10.8 Å². The monoisotopic (exact) mass is 227 g/mol. The van der Waals surface area contributed by atoms with Crippen LogP contribution >= 0.6 is 11.6 Å². The van der Waals surface area contributed by atoms with Crippen LogP contribution < -0.4 is 16.2 Å². The van der Waals surface area contributed by atoms with Crippen LogP contribution in [0.25, 0.3) is 0 Å². The summed E-state index contributed by atoms with van der Waals surface area (Å²) in [5.74, 6) is -0.845. The summed E-state index contributed by atoms with van der Waals surface area (Å²) in [6.07, 6.45) is -4.88. The number of nitrogens with two attached hydrogens (primary N) is 2. The van der Waals surface area contributed by atoms with Crippen LogP contribution in [0.4, 0.5) is 24.5 Å². The molecular weight excluding hydrogens is 223 g/mol. The van der Waals surface area contributed by atoms with Gasteiger partial charge in [-0.3, -0.25) is 0 Å². The lowest BCUT2D eigenvalue weighted by atomic mass is 10.3. The molecule has 0 saturated heterocycles. The molecule has 0 fully saturated rings. The van der Waals surface area contributed by atoms with Crippen molar-refractivity contribution < 1.29 is 17.9 Å². The predicted molar refractivity (Wildman–Crippen MR) is 44.8 cm³/mol. The van der Waals surface area contributed by atoms with Gasteiger partial charge in [-0.15, -0.1) is 13.2 Å². The molecule has 0 unspecified atom stereocenters. The fourth-order valence-electron chi connectivity index (χ4n) is 0.706. The predicted octanol–water partition coefficient (Wildman–Crippen LogP) is 1.80. The minimum atomic E-state index is -4.88. The van der Waals surface area contributed by atoms with Crippen molar-refractivity contribution in [3.05, 3.63) is 11.2 Å². The minimum absolute atomic E-state index is 0.121. The number of nitrogens with zero attached hydrogens (tertiary/aromatic N) is 1. The molecule has 0 atom stereocenters. The van der Waals surface area contributed by atoms with Crippen molar-refractivity contribution in [3.8, 4) is 5.88 Å². The van der Waals surface area contributed by atoms with Gasteiger partial charge in [-0.1, -0.05) is 11.6 Å². The molecule has 0 aromatic carbocycles. The van der Waals surface area contributed by atoms with E-state index in [1.807, 2.05) is 0 Å². The molecule has 0 radical (unpaired) electrons. The molecule has 78 valence electrons. The lowest BCUT2D eigenvalue weighted by Crippen LogP contribution is -2.19. The van der Waals surface area contributed by atoms with E-state index in [1.54, 1.807) is 0 Å². The van der Waals surface area contributed by atoms with E-state index in [4.69, 9.17) is 23.1 Å². The van der Waals surface area contributed by atoms with Gasteiger partial charge < -0.3 is 16.2 Å². The number of rotatable bonds is 1. The lowest BCUT2D eigenvalue weighted by molar-refractivity contribution is -0.275. The molecule has 1 rings (SSSR count). The highest BCUT2D eigenvalue weighted by atomic mass is 35.5. The van der Waals surface area contributed by atoms with E-state index >= 15 is 0 Å². The highest BCUT2D eigenvalue weighted by Gasteiger charge is 2.33. The van der Waals surface area contributed by atoms with Gasteiger partial charge in [0.05, 0.1) is 5.69 Å². The van der Waals surface area contributed by atoms with Crippen molar-refractivity contribution in [2.24, 2.45) is 0 Å². The summed E-state index contributed by atoms with van der Waals surface area (Å²) in [6.45, 7) is 0. The van der Waals surface area contributed by atoms with Crippen LogP contribution in [0, 0.1) is 0 Å². The van der Waals surface area contributed by atoms with E-state index in [9.17, 15) is 13.2 Å². The zero-order valence-electron chi connectivity index (χ0n) is 6.60. The van der Waals surface area contributed by atoms with Crippen LogP contribution in [-0.2, 0) is 0 Å². The minimum Gasteiger partial charge on any atom is -0.397 e. The maximum atomic E-state index is 11.8. The maximum absolute atomic E-state index is 11.8. The standard InChI is InChI=1S/C6H5ClF3N3O/c7-3-1-2(11)4(12)5(13-3)14-6(8,9)10/h1H,12H2,(H2,11,13). The van der Waals surface area contributed by atoms with Crippen LogP contribution in [-0.4, -0.2) is 11.3 Å². The van der Waals surface area contributed by atoms with Crippen LogP contribution in [0.5, 0.6) is 5.88 Å². The van der Waals surface area contributed by atoms with E-state index in [2.05, 4.69) is 9.72 Å². The molecule has 1 heterocycles. The molecule has 0 aliphatic heterocycles. The molecule has 0 aliphatic rings. The number of hydrogen-bond acceptors (Lipinski definition) is 4. The topological polar surface area (TPSA) is 74.2 Å². The first-order valence-electron chi connectivity index (χ1n) is 3.27. The van der Waals surface area contributed by atoms with Gasteiger partial charge in [0.1, 0.15) is 10.8 Å². The number of aromatic nitrogens is 1. The zero-order valence-corrected chi connectivity index (χ0v) is 7.36. The molecule has 4 nitrogen and oxygen atoms in total. The van der Waals surface area contributed by atoms with Gasteiger partial charge in [0.2, 0.25) is 5.88 Å². The molecule has 0 aliphatic carbocycles. The molecule has 14 heavy (non-hydrogen) atoms. The molecule has 1 aromatic heterocycles. The number of hydrogen-bond donors (Lipinski definition) is 2. The van der Waals surface area contributed by atoms with Crippen LogP contribution in [0.1, 0.15) is 0 Å². The number of pyridine rings is 1. The SMILES string of the molecule is Nc1cc(Cl)nc(OC(F)(F)F)c1N. The van der Waals surface area contributed by atoms with Gasteiger partial charge in [-0.05, 0) is 0 Å². The third kappa shape index (κ3) is 2.56. The summed E-state index contributed by atoms with van der Waals surface area (Å²) >= 11 is 5.36. The Morgan fingerprint density at radius 2 is 1.93 bits per heavy atom. The smallest absolute Gasteiger partial charge is 0.397 e. The molecule has 0 saturated carbocycles.